The van der Waals surface area contributed by atoms with Gasteiger partial charge < -0.3 is 15.4 Å². The molecule has 4 heterocycles. The van der Waals surface area contributed by atoms with Gasteiger partial charge in [-0.1, -0.05) is 0 Å². The van der Waals surface area contributed by atoms with Gasteiger partial charge in [0.1, 0.15) is 17.3 Å². The van der Waals surface area contributed by atoms with Crippen molar-refractivity contribution in [3.63, 3.8) is 0 Å². The van der Waals surface area contributed by atoms with E-state index in [4.69, 9.17) is 5.73 Å². The summed E-state index contributed by atoms with van der Waals surface area (Å²) < 4.78 is 34.0. The number of aromatic nitrogens is 2. The van der Waals surface area contributed by atoms with E-state index in [0.29, 0.717) is 11.0 Å². The fraction of sp³-hybridized carbons (Fsp3) is 0. The molecule has 0 unspecified atom stereocenters. The number of hydrogen-bond donors (Lipinski definition) is 3. The molecular weight excluding hydrogens is 424 g/mol. The standard InChI is InChI=1S/C21H13F2N5O2S/c22-16-2-1-13(20(24)30)18(23)17(16)19(29)15-9-26-21-14(15)6-11(7-25-21)10-3-4-28-12(5-10)8-27-31-28/h1-9,27H,(H2,24,30)(H,25,26). The largest absolute Gasteiger partial charge is 0.366 e. The molecule has 0 aliphatic carbocycles. The van der Waals surface area contributed by atoms with E-state index >= 15 is 0 Å². The van der Waals surface area contributed by atoms with Gasteiger partial charge in [-0.05, 0) is 35.9 Å². The summed E-state index contributed by atoms with van der Waals surface area (Å²) in [6, 6.07) is 3.48. The van der Waals surface area contributed by atoms with Crippen molar-refractivity contribution in [1.82, 2.24) is 19.0 Å². The number of nitrogens with two attached hydrogens (primary N) is 1. The summed E-state index contributed by atoms with van der Waals surface area (Å²) in [4.78, 5) is 31.6. The molecule has 1 aromatic carbocycles. The zero-order valence-electron chi connectivity index (χ0n) is 15.6. The molecule has 0 saturated heterocycles. The predicted molar refractivity (Wildman–Crippen MR) is 112 cm³/mol. The van der Waals surface area contributed by atoms with E-state index in [-0.39, 0.29) is 5.56 Å². The summed E-state index contributed by atoms with van der Waals surface area (Å²) in [7, 11) is 0. The molecule has 4 N–H and O–H groups in total. The van der Waals surface area contributed by atoms with Gasteiger partial charge in [0.15, 0.2) is 0 Å². The molecule has 10 heteroatoms. The first kappa shape index (κ1) is 19.1. The van der Waals surface area contributed by atoms with Crippen LogP contribution in [0.25, 0.3) is 16.6 Å². The molecule has 0 fully saturated rings. The van der Waals surface area contributed by atoms with Gasteiger partial charge in [0.05, 0.1) is 29.0 Å². The average molecular weight is 437 g/mol. The zero-order valence-corrected chi connectivity index (χ0v) is 16.5. The van der Waals surface area contributed by atoms with Gasteiger partial charge >= 0.3 is 0 Å². The Balaban J connectivity index is 1.60. The molecule has 2 aromatic heterocycles. The van der Waals surface area contributed by atoms with Crippen molar-refractivity contribution in [3.05, 3.63) is 94.7 Å². The van der Waals surface area contributed by atoms with Gasteiger partial charge in [0.2, 0.25) is 5.78 Å². The molecule has 1 amide bonds. The van der Waals surface area contributed by atoms with Crippen LogP contribution in [0.5, 0.6) is 0 Å². The minimum absolute atomic E-state index is 0.0306. The summed E-state index contributed by atoms with van der Waals surface area (Å²) in [5, 5.41) is 0.399. The second-order valence-electron chi connectivity index (χ2n) is 6.82. The Bertz CT molecular complexity index is 1380. The minimum Gasteiger partial charge on any atom is -0.366 e. The number of ketones is 1. The lowest BCUT2D eigenvalue weighted by molar-refractivity contribution is 0.0996. The average Bonchev–Trinajstić information content (AvgIpc) is 3.39. The number of aromatic amines is 1. The van der Waals surface area contributed by atoms with Crippen LogP contribution < -0.4 is 10.5 Å². The summed E-state index contributed by atoms with van der Waals surface area (Å²) in [5.74, 6) is -4.37. The number of carbonyl (C=O) groups is 2. The fourth-order valence-electron chi connectivity index (χ4n) is 3.45. The number of primary amides is 1. The predicted octanol–water partition coefficient (Wildman–Crippen LogP) is 3.39. The van der Waals surface area contributed by atoms with Crippen LogP contribution in [0.3, 0.4) is 0 Å². The summed E-state index contributed by atoms with van der Waals surface area (Å²) in [6.45, 7) is 0. The Morgan fingerprint density at radius 3 is 2.84 bits per heavy atom. The number of hydrogen-bond acceptors (Lipinski definition) is 6. The first-order chi connectivity index (χ1) is 14.9. The second-order valence-corrected chi connectivity index (χ2v) is 7.63. The maximum atomic E-state index is 14.7. The van der Waals surface area contributed by atoms with Gasteiger partial charge in [-0.2, -0.15) is 0 Å². The highest BCUT2D eigenvalue weighted by molar-refractivity contribution is 7.95. The van der Waals surface area contributed by atoms with Crippen LogP contribution in [-0.4, -0.2) is 26.0 Å². The number of nitrogens with zero attached hydrogens (tertiary/aromatic N) is 2. The molecule has 2 aliphatic rings. The van der Waals surface area contributed by atoms with Crippen molar-refractivity contribution >= 4 is 40.4 Å². The molecular formula is C21H13F2N5O2S. The molecule has 7 nitrogen and oxygen atoms in total. The van der Waals surface area contributed by atoms with E-state index in [1.54, 1.807) is 12.3 Å². The minimum atomic E-state index is -1.29. The maximum absolute atomic E-state index is 14.7. The van der Waals surface area contributed by atoms with Crippen molar-refractivity contribution in [3.8, 4) is 0 Å². The third-order valence-corrected chi connectivity index (χ3v) is 5.75. The summed E-state index contributed by atoms with van der Waals surface area (Å²) in [6.07, 6.45) is 10.6. The maximum Gasteiger partial charge on any atom is 0.251 e. The smallest absolute Gasteiger partial charge is 0.251 e. The lowest BCUT2D eigenvalue weighted by Crippen LogP contribution is -2.17. The highest BCUT2D eigenvalue weighted by atomic mass is 32.2. The Labute approximate surface area is 178 Å². The second kappa shape index (κ2) is 7.10. The third kappa shape index (κ3) is 3.08. The van der Waals surface area contributed by atoms with Crippen LogP contribution in [0.1, 0.15) is 31.8 Å². The van der Waals surface area contributed by atoms with Crippen molar-refractivity contribution in [1.29, 1.82) is 0 Å². The van der Waals surface area contributed by atoms with Crippen LogP contribution >= 0.6 is 12.1 Å². The van der Waals surface area contributed by atoms with Crippen LogP contribution in [-0.2, 0) is 0 Å². The van der Waals surface area contributed by atoms with Gasteiger partial charge in [0.25, 0.3) is 5.91 Å². The van der Waals surface area contributed by atoms with Gasteiger partial charge in [-0.25, -0.2) is 13.8 Å². The number of H-pyrrole nitrogens is 1. The Kier molecular flexibility index (Phi) is 4.36. The third-order valence-electron chi connectivity index (χ3n) is 5.00. The number of halogens is 2. The molecule has 2 aliphatic heterocycles. The zero-order chi connectivity index (χ0) is 21.7. The highest BCUT2D eigenvalue weighted by Gasteiger charge is 2.26. The van der Waals surface area contributed by atoms with Crippen LogP contribution in [0.4, 0.5) is 8.78 Å². The van der Waals surface area contributed by atoms with Crippen molar-refractivity contribution < 1.29 is 18.4 Å². The highest BCUT2D eigenvalue weighted by Crippen LogP contribution is 2.33. The van der Waals surface area contributed by atoms with Crippen LogP contribution in [0.2, 0.25) is 0 Å². The molecule has 0 radical (unpaired) electrons. The Morgan fingerprint density at radius 2 is 2.03 bits per heavy atom. The van der Waals surface area contributed by atoms with E-state index in [1.165, 1.54) is 18.3 Å². The summed E-state index contributed by atoms with van der Waals surface area (Å²) in [5.41, 5.74) is 6.68. The van der Waals surface area contributed by atoms with E-state index in [2.05, 4.69) is 14.7 Å². The molecule has 3 aromatic rings. The van der Waals surface area contributed by atoms with E-state index in [9.17, 15) is 18.4 Å². The van der Waals surface area contributed by atoms with Gasteiger partial charge in [-0.3, -0.25) is 13.9 Å². The number of carbonyl (C=O) groups excluding carboxylic acids is 2. The van der Waals surface area contributed by atoms with Crippen LogP contribution in [0.15, 0.2) is 60.8 Å². The molecule has 154 valence electrons. The van der Waals surface area contributed by atoms with E-state index in [1.807, 2.05) is 28.9 Å². The van der Waals surface area contributed by atoms with Crippen molar-refractivity contribution in [2.75, 3.05) is 0 Å². The van der Waals surface area contributed by atoms with Gasteiger partial charge in [0, 0.05) is 41.3 Å². The number of pyridine rings is 1. The topological polar surface area (TPSA) is 104 Å². The first-order valence-corrected chi connectivity index (χ1v) is 9.83. The summed E-state index contributed by atoms with van der Waals surface area (Å²) >= 11 is 1.43. The lowest BCUT2D eigenvalue weighted by Gasteiger charge is -2.17. The lowest BCUT2D eigenvalue weighted by atomic mass is 9.98. The monoisotopic (exact) mass is 437 g/mol. The van der Waals surface area contributed by atoms with Gasteiger partial charge in [-0.15, -0.1) is 0 Å². The number of benzene rings is 1. The van der Waals surface area contributed by atoms with Crippen LogP contribution in [0, 0.1) is 11.6 Å². The molecule has 31 heavy (non-hydrogen) atoms. The molecule has 0 atom stereocenters. The molecule has 0 saturated carbocycles. The number of fused-ring (bicyclic) bond motifs is 2. The SMILES string of the molecule is NC(=O)c1ccc(F)c(C(=O)c2c[nH]c3ncc(C4=CC5=CNSN5C=C4)cc23)c1F. The number of rotatable bonds is 4. The van der Waals surface area contributed by atoms with E-state index in [0.717, 1.165) is 29.0 Å². The number of nitrogens with one attached hydrogen (secondary N) is 2. The quantitative estimate of drug-likeness (QED) is 0.427. The molecule has 5 rings (SSSR count). The molecule has 0 bridgehead atoms. The number of amides is 1. The van der Waals surface area contributed by atoms with E-state index < -0.39 is 34.5 Å². The fourth-order valence-corrected chi connectivity index (χ4v) is 4.07. The van der Waals surface area contributed by atoms with Crippen molar-refractivity contribution in [2.24, 2.45) is 5.73 Å². The first-order valence-electron chi connectivity index (χ1n) is 9.06. The Morgan fingerprint density at radius 1 is 1.19 bits per heavy atom. The normalized spacial score (nSPS) is 14.8. The Hall–Kier alpha value is -3.92. The molecule has 0 spiro atoms. The van der Waals surface area contributed by atoms with Crippen molar-refractivity contribution in [2.45, 2.75) is 0 Å². The number of allylic oxidation sites excluding steroid dienone is 3.